The van der Waals surface area contributed by atoms with Gasteiger partial charge >= 0.3 is 47.8 Å². The van der Waals surface area contributed by atoms with Crippen molar-refractivity contribution in [2.24, 2.45) is 0 Å². The number of nitrogens with zero attached hydrogens (tertiary/aromatic N) is 3. The monoisotopic (exact) mass is 2120 g/mol. The molecule has 10 N–H and O–H groups in total. The number of thioether (sulfide) groups is 4. The molecule has 0 bridgehead atoms. The van der Waals surface area contributed by atoms with Crippen molar-refractivity contribution in [3.05, 3.63) is 314 Å². The van der Waals surface area contributed by atoms with Crippen LogP contribution in [0.3, 0.4) is 0 Å². The summed E-state index contributed by atoms with van der Waals surface area (Å²) < 4.78 is 44.6. The van der Waals surface area contributed by atoms with E-state index in [1.807, 2.05) is 25.0 Å². The first-order chi connectivity index (χ1) is 71.2. The van der Waals surface area contributed by atoms with E-state index in [2.05, 4.69) is 68.1 Å². The highest BCUT2D eigenvalue weighted by molar-refractivity contribution is 7.99. The lowest BCUT2D eigenvalue weighted by Crippen LogP contribution is -2.44. The van der Waals surface area contributed by atoms with Gasteiger partial charge in [-0.15, -0.1) is 47.0 Å². The Hall–Kier alpha value is -16.6. The molecule has 3 aromatic heterocycles. The number of amides is 10. The predicted octanol–water partition coefficient (Wildman–Crippen LogP) is 14.8. The molecule has 0 saturated carbocycles. The zero-order valence-electron chi connectivity index (χ0n) is 81.9. The molecule has 0 unspecified atom stereocenters. The molecule has 0 aliphatic carbocycles. The number of benzene rings is 8. The molecular weight excluding hydrogens is 2020 g/mol. The number of ether oxygens (including phenoxy) is 8. The molecule has 11 aromatic rings. The Bertz CT molecular complexity index is 6150. The molecule has 0 spiro atoms. The second-order valence-electron chi connectivity index (χ2n) is 32.5. The third-order valence-electron chi connectivity index (χ3n) is 21.6. The molecule has 8 aromatic carbocycles. The van der Waals surface area contributed by atoms with Gasteiger partial charge in [-0.3, -0.25) is 86.3 Å². The molecule has 772 valence electrons. The number of hydrogen-bond acceptors (Lipinski definition) is 33. The maximum absolute atomic E-state index is 15.1. The molecule has 0 radical (unpaired) electrons. The van der Waals surface area contributed by atoms with Gasteiger partial charge in [0.05, 0.1) is 45.0 Å². The smallest absolute Gasteiger partial charge is 0.303 e. The van der Waals surface area contributed by atoms with Gasteiger partial charge in [0.25, 0.3) is 59.1 Å². The van der Waals surface area contributed by atoms with E-state index in [0.717, 1.165) is 111 Å². The van der Waals surface area contributed by atoms with E-state index in [9.17, 15) is 57.5 Å². The lowest BCUT2D eigenvalue weighted by molar-refractivity contribution is -0.152. The van der Waals surface area contributed by atoms with E-state index in [-0.39, 0.29) is 50.0 Å². The summed E-state index contributed by atoms with van der Waals surface area (Å²) >= 11 is 12.5. The van der Waals surface area contributed by atoms with Crippen LogP contribution in [0.1, 0.15) is 206 Å². The lowest BCUT2D eigenvalue weighted by atomic mass is 10.0. The Morgan fingerprint density at radius 3 is 0.624 bits per heavy atom. The standard InChI is InChI=1S/C105H100ClN13O26S4/c1-55(120)138-51-88(92(142-59(5)124)63-29-37-70(146-9)38-30-63)116-96(128)74-21-13-17-25-78(74)112-102(134)84-47-68(48-85(110-84)103(135)113-79-26-18-14-22-75(79)97(129)117-89(52-139-56(2)121)93(143-60(6)125)64-31-39-71(147-10)40-32-64)107-100(132)82-45-67(106)46-83(109-82)101(133)108-69-49-86(104(136)114-80-27-19-15-23-76(80)98(130)118-90(53-140-57(3)122)94(144-61(7)126)65-33-41-72(148-11)42-34-65)111-87(50-69)105(137)115-81-28-20-16-24-77(81)99(131)119-91(54-141-58(4)123)95(145-62(8)127)66-35-43-73(149-12)44-36-66/h13-50,88-95H,51-54H2,1-12H3,(H,112,134)(H,113,135)(H,114,136)(H,115,137)(H,116,128)(H,117,129)(H,118,130)(H,119,131)(H,107,110,132)(H,108,111,133)/t88-,89-,90-,91-,92-,93-,94-,95-/m0/s1. The van der Waals surface area contributed by atoms with Gasteiger partial charge in [0.15, 0.2) is 24.4 Å². The third kappa shape index (κ3) is 32.7. The van der Waals surface area contributed by atoms with E-state index in [0.29, 0.717) is 22.3 Å². The molecule has 10 amide bonds. The van der Waals surface area contributed by atoms with E-state index in [4.69, 9.17) is 49.5 Å². The number of nitrogens with one attached hydrogen (secondary N) is 10. The van der Waals surface area contributed by atoms with Crippen LogP contribution in [0, 0.1) is 0 Å². The molecule has 44 heteroatoms. The van der Waals surface area contributed by atoms with E-state index in [1.54, 1.807) is 97.1 Å². The summed E-state index contributed by atoms with van der Waals surface area (Å²) in [5, 5.41) is 26.3. The Balaban J connectivity index is 0.949. The number of aromatic nitrogens is 3. The quantitative estimate of drug-likeness (QED) is 0.00963. The summed E-state index contributed by atoms with van der Waals surface area (Å²) in [6, 6.07) is 50.2. The minimum atomic E-state index is -1.28. The van der Waals surface area contributed by atoms with Crippen LogP contribution in [0.2, 0.25) is 5.02 Å². The van der Waals surface area contributed by atoms with Gasteiger partial charge in [-0.05, 0) is 181 Å². The summed E-state index contributed by atoms with van der Waals surface area (Å²) in [6.45, 7) is 6.97. The molecule has 149 heavy (non-hydrogen) atoms. The van der Waals surface area contributed by atoms with Gasteiger partial charge in [0.1, 0.15) is 84.8 Å². The Kier molecular flexibility index (Phi) is 40.8. The Labute approximate surface area is 875 Å². The zero-order chi connectivity index (χ0) is 108. The Morgan fingerprint density at radius 1 is 0.248 bits per heavy atom. The highest BCUT2D eigenvalue weighted by atomic mass is 35.5. The minimum Gasteiger partial charge on any atom is -0.464 e. The van der Waals surface area contributed by atoms with Gasteiger partial charge in [-0.2, -0.15) is 0 Å². The number of hydrogen-bond donors (Lipinski definition) is 10. The number of carbonyl (C=O) groups is 18. The largest absolute Gasteiger partial charge is 0.464 e. The predicted molar refractivity (Wildman–Crippen MR) is 554 cm³/mol. The van der Waals surface area contributed by atoms with Crippen molar-refractivity contribution in [2.75, 3.05) is 83.4 Å². The fourth-order valence-corrected chi connectivity index (χ4v) is 16.6. The van der Waals surface area contributed by atoms with Gasteiger partial charge in [0.2, 0.25) is 0 Å². The minimum absolute atomic E-state index is 0.207. The molecule has 0 aliphatic rings. The normalized spacial score (nSPS) is 12.4. The zero-order valence-corrected chi connectivity index (χ0v) is 85.9. The van der Waals surface area contributed by atoms with E-state index >= 15 is 28.8 Å². The second-order valence-corrected chi connectivity index (χ2v) is 36.4. The number of anilines is 6. The fourth-order valence-electron chi connectivity index (χ4n) is 14.7. The van der Waals surface area contributed by atoms with Crippen LogP contribution in [0.4, 0.5) is 34.1 Å². The van der Waals surface area contributed by atoms with Gasteiger partial charge < -0.3 is 91.1 Å². The van der Waals surface area contributed by atoms with Crippen LogP contribution < -0.4 is 53.2 Å². The van der Waals surface area contributed by atoms with Gasteiger partial charge in [-0.1, -0.05) is 109 Å². The summed E-state index contributed by atoms with van der Waals surface area (Å²) in [5.74, 6) is -16.7. The molecule has 0 saturated heterocycles. The van der Waals surface area contributed by atoms with Crippen molar-refractivity contribution in [3.63, 3.8) is 0 Å². The van der Waals surface area contributed by atoms with Gasteiger partial charge in [-0.25, -0.2) is 15.0 Å². The molecule has 11 rings (SSSR count). The number of esters is 8. The average Bonchev–Trinajstić information content (AvgIpc) is 0.801. The van der Waals surface area contributed by atoms with Crippen LogP contribution in [0.5, 0.6) is 0 Å². The highest BCUT2D eigenvalue weighted by Crippen LogP contribution is 2.35. The maximum Gasteiger partial charge on any atom is 0.303 e. The molecule has 0 fully saturated rings. The van der Waals surface area contributed by atoms with Crippen molar-refractivity contribution in [2.45, 2.75) is 124 Å². The number of carbonyl (C=O) groups excluding carboxylic acids is 18. The van der Waals surface area contributed by atoms with Crippen LogP contribution in [0.15, 0.2) is 250 Å². The van der Waals surface area contributed by atoms with Crippen LogP contribution in [-0.2, 0) is 76.3 Å². The summed E-state index contributed by atoms with van der Waals surface area (Å²) in [7, 11) is 0. The van der Waals surface area contributed by atoms with Crippen molar-refractivity contribution < 1.29 is 124 Å². The Morgan fingerprint density at radius 2 is 0.436 bits per heavy atom. The van der Waals surface area contributed by atoms with Crippen LogP contribution in [-0.4, -0.2) is 197 Å². The average molecular weight is 2120 g/mol. The van der Waals surface area contributed by atoms with Crippen LogP contribution in [0.25, 0.3) is 0 Å². The van der Waals surface area contributed by atoms with Gasteiger partial charge in [0, 0.05) is 91.4 Å². The molecule has 8 atom stereocenters. The number of para-hydroxylation sites is 4. The first-order valence-corrected chi connectivity index (χ1v) is 50.5. The lowest BCUT2D eigenvalue weighted by Gasteiger charge is -2.28. The second kappa shape index (κ2) is 54.0. The van der Waals surface area contributed by atoms with Crippen molar-refractivity contribution in [3.8, 4) is 0 Å². The molecule has 0 aliphatic heterocycles. The van der Waals surface area contributed by atoms with Crippen molar-refractivity contribution >= 4 is 200 Å². The molecule has 39 nitrogen and oxygen atoms in total. The van der Waals surface area contributed by atoms with Crippen molar-refractivity contribution in [1.82, 2.24) is 36.2 Å². The van der Waals surface area contributed by atoms with Crippen LogP contribution >= 0.6 is 58.6 Å². The summed E-state index contributed by atoms with van der Waals surface area (Å²) in [5.41, 5.74) is -4.94. The maximum atomic E-state index is 15.1. The number of pyridine rings is 3. The van der Waals surface area contributed by atoms with E-state index < -0.39 is 227 Å². The summed E-state index contributed by atoms with van der Waals surface area (Å²) in [4.78, 5) is 267. The number of halogens is 1. The topological polar surface area (TPSA) is 540 Å². The molecular formula is C105H100ClN13O26S4. The van der Waals surface area contributed by atoms with E-state index in [1.165, 1.54) is 144 Å². The first-order valence-electron chi connectivity index (χ1n) is 45.2. The first kappa shape index (κ1) is 113. The summed E-state index contributed by atoms with van der Waals surface area (Å²) in [6.07, 6.45) is 2.34. The fraction of sp³-hybridized carbons (Fsp3) is 0.229. The van der Waals surface area contributed by atoms with Crippen molar-refractivity contribution in [1.29, 1.82) is 0 Å². The number of rotatable bonds is 44. The third-order valence-corrected chi connectivity index (χ3v) is 24.8. The molecule has 3 heterocycles. The SMILES string of the molecule is CSc1ccc([C@H](OC(C)=O)[C@H](COC(C)=O)NC(=O)c2ccccc2NC(=O)c2cc(NC(=O)c3cc(Cl)cc(C(=O)Nc4cc(C(=O)Nc5ccccc5C(=O)N[C@@H](COC(C)=O)[C@@H](OC(C)=O)c5ccc(SC)cc5)nc(C(=O)Nc5ccccc5C(=O)N[C@@H](COC(C)=O)[C@@H](OC(C)=O)c5ccc(SC)cc5)c4)n3)cc(C(=O)Nc3ccccc3C(=O)N[C@@H](COC(C)=O)[C@@H](OC(C)=O)c3ccc(SC)cc3)n2)cc1. The highest BCUT2D eigenvalue weighted by Gasteiger charge is 2.37.